The summed E-state index contributed by atoms with van der Waals surface area (Å²) in [5.41, 5.74) is 1.73. The standard InChI is InChI=1S/C20H24Br2N2O3/c1-20(2,3)24-19(25)12-27-18-10-16(22)13(9-17(18)26-4)11-23-15-7-5-14(21)6-8-15/h5-10,23H,11-12H2,1-4H3,(H,24,25). The molecule has 146 valence electrons. The molecule has 0 aliphatic heterocycles. The molecule has 0 unspecified atom stereocenters. The van der Waals surface area contributed by atoms with E-state index in [1.54, 1.807) is 7.11 Å². The van der Waals surface area contributed by atoms with Crippen LogP contribution in [-0.2, 0) is 11.3 Å². The van der Waals surface area contributed by atoms with Crippen molar-refractivity contribution in [1.82, 2.24) is 5.32 Å². The maximum Gasteiger partial charge on any atom is 0.258 e. The first-order chi connectivity index (χ1) is 12.7. The Labute approximate surface area is 177 Å². The lowest BCUT2D eigenvalue weighted by Gasteiger charge is -2.21. The van der Waals surface area contributed by atoms with Crippen LogP contribution in [0.5, 0.6) is 11.5 Å². The molecule has 2 rings (SSSR count). The van der Waals surface area contributed by atoms with Crippen LogP contribution in [0.3, 0.4) is 0 Å². The number of methoxy groups -OCH3 is 1. The molecule has 0 aromatic heterocycles. The molecule has 0 heterocycles. The minimum atomic E-state index is -0.298. The lowest BCUT2D eigenvalue weighted by Crippen LogP contribution is -2.43. The van der Waals surface area contributed by atoms with Gasteiger partial charge >= 0.3 is 0 Å². The Morgan fingerprint density at radius 2 is 1.74 bits per heavy atom. The summed E-state index contributed by atoms with van der Waals surface area (Å²) >= 11 is 6.99. The summed E-state index contributed by atoms with van der Waals surface area (Å²) in [6, 6.07) is 11.7. The van der Waals surface area contributed by atoms with Gasteiger partial charge in [-0.1, -0.05) is 31.9 Å². The van der Waals surface area contributed by atoms with Crippen LogP contribution in [0.2, 0.25) is 0 Å². The van der Waals surface area contributed by atoms with Crippen LogP contribution in [-0.4, -0.2) is 25.2 Å². The molecule has 0 aliphatic carbocycles. The zero-order valence-corrected chi connectivity index (χ0v) is 19.0. The molecule has 0 spiro atoms. The first-order valence-electron chi connectivity index (χ1n) is 8.47. The molecule has 0 atom stereocenters. The van der Waals surface area contributed by atoms with Gasteiger partial charge in [-0.15, -0.1) is 0 Å². The predicted molar refractivity (Wildman–Crippen MR) is 116 cm³/mol. The summed E-state index contributed by atoms with van der Waals surface area (Å²) in [7, 11) is 1.58. The van der Waals surface area contributed by atoms with Gasteiger partial charge in [0.05, 0.1) is 7.11 Å². The number of carbonyl (C=O) groups excluding carboxylic acids is 1. The Hall–Kier alpha value is -1.73. The molecule has 0 bridgehead atoms. The predicted octanol–water partition coefficient (Wildman–Crippen LogP) is 5.13. The highest BCUT2D eigenvalue weighted by atomic mass is 79.9. The molecule has 0 aliphatic rings. The third-order valence-corrected chi connectivity index (χ3v) is 4.80. The van der Waals surface area contributed by atoms with Crippen LogP contribution in [0, 0.1) is 0 Å². The smallest absolute Gasteiger partial charge is 0.258 e. The highest BCUT2D eigenvalue weighted by Crippen LogP contribution is 2.34. The quantitative estimate of drug-likeness (QED) is 0.554. The van der Waals surface area contributed by atoms with Crippen LogP contribution < -0.4 is 20.1 Å². The van der Waals surface area contributed by atoms with Crippen molar-refractivity contribution in [3.63, 3.8) is 0 Å². The molecule has 2 N–H and O–H groups in total. The van der Waals surface area contributed by atoms with Crippen molar-refractivity contribution in [1.29, 1.82) is 0 Å². The van der Waals surface area contributed by atoms with Gasteiger partial charge in [-0.2, -0.15) is 0 Å². The Balaban J connectivity index is 2.05. The molecular weight excluding hydrogens is 476 g/mol. The van der Waals surface area contributed by atoms with E-state index in [2.05, 4.69) is 42.5 Å². The fourth-order valence-electron chi connectivity index (χ4n) is 2.35. The van der Waals surface area contributed by atoms with Gasteiger partial charge < -0.3 is 20.1 Å². The topological polar surface area (TPSA) is 59.6 Å². The maximum absolute atomic E-state index is 12.0. The Morgan fingerprint density at radius 3 is 2.33 bits per heavy atom. The van der Waals surface area contributed by atoms with E-state index >= 15 is 0 Å². The number of ether oxygens (including phenoxy) is 2. The van der Waals surface area contributed by atoms with E-state index in [4.69, 9.17) is 9.47 Å². The fourth-order valence-corrected chi connectivity index (χ4v) is 3.07. The summed E-state index contributed by atoms with van der Waals surface area (Å²) in [5, 5.41) is 6.23. The van der Waals surface area contributed by atoms with Gasteiger partial charge in [-0.25, -0.2) is 0 Å². The number of carbonyl (C=O) groups is 1. The lowest BCUT2D eigenvalue weighted by molar-refractivity contribution is -0.124. The molecule has 0 radical (unpaired) electrons. The molecule has 2 aromatic rings. The van der Waals surface area contributed by atoms with E-state index < -0.39 is 0 Å². The van der Waals surface area contributed by atoms with Crippen LogP contribution in [0.15, 0.2) is 45.3 Å². The second-order valence-corrected chi connectivity index (χ2v) is 8.81. The number of benzene rings is 2. The molecule has 5 nitrogen and oxygen atoms in total. The molecule has 7 heteroatoms. The second kappa shape index (κ2) is 9.46. The highest BCUT2D eigenvalue weighted by molar-refractivity contribution is 9.10. The van der Waals surface area contributed by atoms with E-state index in [1.165, 1.54) is 0 Å². The van der Waals surface area contributed by atoms with E-state index in [-0.39, 0.29) is 18.1 Å². The van der Waals surface area contributed by atoms with Gasteiger partial charge in [-0.3, -0.25) is 4.79 Å². The Morgan fingerprint density at radius 1 is 1.07 bits per heavy atom. The average molecular weight is 500 g/mol. The SMILES string of the molecule is COc1cc(CNc2ccc(Br)cc2)c(Br)cc1OCC(=O)NC(C)(C)C. The lowest BCUT2D eigenvalue weighted by atomic mass is 10.1. The molecule has 1 amide bonds. The van der Waals surface area contributed by atoms with Crippen molar-refractivity contribution in [2.24, 2.45) is 0 Å². The van der Waals surface area contributed by atoms with E-state index in [1.807, 2.05) is 57.2 Å². The number of rotatable bonds is 7. The molecule has 0 saturated heterocycles. The number of nitrogens with one attached hydrogen (secondary N) is 2. The minimum Gasteiger partial charge on any atom is -0.493 e. The maximum atomic E-state index is 12.0. The summed E-state index contributed by atoms with van der Waals surface area (Å²) in [6.07, 6.45) is 0. The molecular formula is C20H24Br2N2O3. The second-order valence-electron chi connectivity index (χ2n) is 7.04. The van der Waals surface area contributed by atoms with Crippen LogP contribution >= 0.6 is 31.9 Å². The van der Waals surface area contributed by atoms with Gasteiger partial charge in [0.15, 0.2) is 18.1 Å². The van der Waals surface area contributed by atoms with Crippen LogP contribution in [0.4, 0.5) is 5.69 Å². The van der Waals surface area contributed by atoms with Gasteiger partial charge in [-0.05, 0) is 62.7 Å². The number of anilines is 1. The highest BCUT2D eigenvalue weighted by Gasteiger charge is 2.16. The first-order valence-corrected chi connectivity index (χ1v) is 10.1. The van der Waals surface area contributed by atoms with E-state index in [0.717, 1.165) is 20.2 Å². The molecule has 27 heavy (non-hydrogen) atoms. The van der Waals surface area contributed by atoms with Gasteiger partial charge in [0, 0.05) is 26.7 Å². The third kappa shape index (κ3) is 7.07. The summed E-state index contributed by atoms with van der Waals surface area (Å²) < 4.78 is 13.0. The zero-order valence-electron chi connectivity index (χ0n) is 15.9. The number of amides is 1. The van der Waals surface area contributed by atoms with Gasteiger partial charge in [0.1, 0.15) is 0 Å². The average Bonchev–Trinajstić information content (AvgIpc) is 2.59. The van der Waals surface area contributed by atoms with Crippen molar-refractivity contribution in [2.45, 2.75) is 32.9 Å². The van der Waals surface area contributed by atoms with Crippen molar-refractivity contribution < 1.29 is 14.3 Å². The number of halogens is 2. The Bertz CT molecular complexity index is 787. The number of hydrogen-bond donors (Lipinski definition) is 2. The largest absolute Gasteiger partial charge is 0.493 e. The van der Waals surface area contributed by atoms with Crippen molar-refractivity contribution in [3.8, 4) is 11.5 Å². The summed E-state index contributed by atoms with van der Waals surface area (Å²) in [5.74, 6) is 0.914. The van der Waals surface area contributed by atoms with E-state index in [0.29, 0.717) is 18.0 Å². The third-order valence-electron chi connectivity index (χ3n) is 3.53. The summed E-state index contributed by atoms with van der Waals surface area (Å²) in [4.78, 5) is 12.0. The van der Waals surface area contributed by atoms with Gasteiger partial charge in [0.2, 0.25) is 0 Å². The monoisotopic (exact) mass is 498 g/mol. The zero-order chi connectivity index (χ0) is 20.0. The minimum absolute atomic E-state index is 0.0729. The van der Waals surface area contributed by atoms with Crippen molar-refractivity contribution in [3.05, 3.63) is 50.9 Å². The van der Waals surface area contributed by atoms with Gasteiger partial charge in [0.25, 0.3) is 5.91 Å². The van der Waals surface area contributed by atoms with Crippen molar-refractivity contribution in [2.75, 3.05) is 19.0 Å². The molecule has 2 aromatic carbocycles. The fraction of sp³-hybridized carbons (Fsp3) is 0.350. The van der Waals surface area contributed by atoms with E-state index in [9.17, 15) is 4.79 Å². The Kier molecular flexibility index (Phi) is 7.56. The number of hydrogen-bond acceptors (Lipinski definition) is 4. The van der Waals surface area contributed by atoms with Crippen LogP contribution in [0.1, 0.15) is 26.3 Å². The summed E-state index contributed by atoms with van der Waals surface area (Å²) in [6.45, 7) is 6.32. The molecule has 0 fully saturated rings. The first kappa shape index (κ1) is 21.6. The van der Waals surface area contributed by atoms with Crippen LogP contribution in [0.25, 0.3) is 0 Å². The van der Waals surface area contributed by atoms with Crippen molar-refractivity contribution >= 4 is 43.5 Å². The normalized spacial score (nSPS) is 11.0. The molecule has 0 saturated carbocycles.